The Morgan fingerprint density at radius 2 is 2.18 bits per heavy atom. The highest BCUT2D eigenvalue weighted by molar-refractivity contribution is 5.82. The third-order valence-electron chi connectivity index (χ3n) is 3.54. The van der Waals surface area contributed by atoms with Crippen LogP contribution in [0.3, 0.4) is 0 Å². The van der Waals surface area contributed by atoms with Crippen LogP contribution in [0.1, 0.15) is 51.9 Å². The molecule has 0 aliphatic heterocycles. The van der Waals surface area contributed by atoms with Crippen molar-refractivity contribution in [2.45, 2.75) is 64.0 Å². The molecule has 1 unspecified atom stereocenters. The maximum atomic E-state index is 12.2. The zero-order chi connectivity index (χ0) is 12.7. The van der Waals surface area contributed by atoms with Gasteiger partial charge in [-0.1, -0.05) is 19.8 Å². The van der Waals surface area contributed by atoms with Gasteiger partial charge >= 0.3 is 0 Å². The molecule has 1 saturated carbocycles. The van der Waals surface area contributed by atoms with E-state index in [1.54, 1.807) is 0 Å². The number of amides is 1. The number of unbranched alkanes of at least 4 members (excludes halogenated alkanes) is 1. The summed E-state index contributed by atoms with van der Waals surface area (Å²) in [6.07, 6.45) is 6.90. The van der Waals surface area contributed by atoms with Gasteiger partial charge in [0.25, 0.3) is 0 Å². The second-order valence-electron chi connectivity index (χ2n) is 4.94. The summed E-state index contributed by atoms with van der Waals surface area (Å²) < 4.78 is 0. The lowest BCUT2D eigenvalue weighted by molar-refractivity contribution is -0.137. The molecule has 17 heavy (non-hydrogen) atoms. The van der Waals surface area contributed by atoms with E-state index in [1.165, 1.54) is 6.42 Å². The lowest BCUT2D eigenvalue weighted by Crippen LogP contribution is -2.51. The molecular weight excluding hydrogens is 216 g/mol. The highest BCUT2D eigenvalue weighted by Gasteiger charge is 2.30. The zero-order valence-corrected chi connectivity index (χ0v) is 10.9. The van der Waals surface area contributed by atoms with Crippen molar-refractivity contribution >= 4 is 5.91 Å². The largest absolute Gasteiger partial charge is 0.396 e. The van der Waals surface area contributed by atoms with Crippen molar-refractivity contribution in [1.82, 2.24) is 4.90 Å². The van der Waals surface area contributed by atoms with Crippen molar-refractivity contribution in [1.29, 1.82) is 0 Å². The quantitative estimate of drug-likeness (QED) is 0.673. The number of aliphatic hydroxyl groups excluding tert-OH is 1. The molecular formula is C13H26N2O2. The molecule has 1 fully saturated rings. The average molecular weight is 242 g/mol. The van der Waals surface area contributed by atoms with E-state index >= 15 is 0 Å². The third-order valence-corrected chi connectivity index (χ3v) is 3.54. The highest BCUT2D eigenvalue weighted by Crippen LogP contribution is 2.25. The van der Waals surface area contributed by atoms with E-state index in [0.29, 0.717) is 19.0 Å². The van der Waals surface area contributed by atoms with Gasteiger partial charge in [0.05, 0.1) is 6.04 Å². The summed E-state index contributed by atoms with van der Waals surface area (Å²) in [7, 11) is 0. The first-order chi connectivity index (χ1) is 8.20. The van der Waals surface area contributed by atoms with Crippen LogP contribution in [0.5, 0.6) is 0 Å². The van der Waals surface area contributed by atoms with E-state index in [9.17, 15) is 4.79 Å². The molecule has 1 aliphatic carbocycles. The van der Waals surface area contributed by atoms with Gasteiger partial charge in [-0.25, -0.2) is 0 Å². The van der Waals surface area contributed by atoms with Crippen molar-refractivity contribution in [3.05, 3.63) is 0 Å². The molecule has 0 aromatic heterocycles. The van der Waals surface area contributed by atoms with Crippen LogP contribution in [-0.2, 0) is 4.79 Å². The molecule has 0 radical (unpaired) electrons. The summed E-state index contributed by atoms with van der Waals surface area (Å²) in [6.45, 7) is 2.90. The number of aliphatic hydroxyl groups is 1. The van der Waals surface area contributed by atoms with E-state index in [0.717, 1.165) is 32.1 Å². The van der Waals surface area contributed by atoms with Crippen molar-refractivity contribution in [3.63, 3.8) is 0 Å². The fourth-order valence-corrected chi connectivity index (χ4v) is 2.17. The molecule has 1 aliphatic rings. The predicted molar refractivity (Wildman–Crippen MR) is 68.6 cm³/mol. The second-order valence-corrected chi connectivity index (χ2v) is 4.94. The Bertz CT molecular complexity index is 229. The number of nitrogens with zero attached hydrogens (tertiary/aromatic N) is 1. The molecule has 3 N–H and O–H groups in total. The second kappa shape index (κ2) is 7.67. The standard InChI is InChI=1S/C13H26N2O2/c1-2-3-8-12(14)13(17)15(9-5-10-16)11-6-4-7-11/h11-12,16H,2-10,14H2,1H3. The summed E-state index contributed by atoms with van der Waals surface area (Å²) in [5, 5.41) is 8.88. The molecule has 0 aromatic rings. The van der Waals surface area contributed by atoms with Crippen molar-refractivity contribution < 1.29 is 9.90 Å². The molecule has 0 aromatic carbocycles. The maximum Gasteiger partial charge on any atom is 0.239 e. The number of nitrogens with two attached hydrogens (primary N) is 1. The van der Waals surface area contributed by atoms with Crippen LogP contribution in [0.2, 0.25) is 0 Å². The van der Waals surface area contributed by atoms with Gasteiger partial charge in [0, 0.05) is 19.2 Å². The smallest absolute Gasteiger partial charge is 0.239 e. The maximum absolute atomic E-state index is 12.2. The number of rotatable bonds is 8. The van der Waals surface area contributed by atoms with Gasteiger partial charge in [0.2, 0.25) is 5.91 Å². The Morgan fingerprint density at radius 3 is 2.65 bits per heavy atom. The SMILES string of the molecule is CCCCC(N)C(=O)N(CCCO)C1CCC1. The predicted octanol–water partition coefficient (Wildman–Crippen LogP) is 1.27. The number of carbonyl (C=O) groups excluding carboxylic acids is 1. The number of hydrogen-bond acceptors (Lipinski definition) is 3. The van der Waals surface area contributed by atoms with Gasteiger partial charge in [-0.3, -0.25) is 4.79 Å². The van der Waals surface area contributed by atoms with Gasteiger partial charge in [-0.05, 0) is 32.1 Å². The minimum absolute atomic E-state index is 0.0802. The summed E-state index contributed by atoms with van der Waals surface area (Å²) in [6, 6.07) is 0.0240. The molecule has 1 rings (SSSR count). The van der Waals surface area contributed by atoms with Crippen molar-refractivity contribution in [2.75, 3.05) is 13.2 Å². The van der Waals surface area contributed by atoms with Crippen LogP contribution in [0.15, 0.2) is 0 Å². The molecule has 0 heterocycles. The first kappa shape index (κ1) is 14.5. The Kier molecular flexibility index (Phi) is 6.52. The summed E-state index contributed by atoms with van der Waals surface area (Å²) >= 11 is 0. The van der Waals surface area contributed by atoms with Crippen molar-refractivity contribution in [3.8, 4) is 0 Å². The van der Waals surface area contributed by atoms with E-state index in [4.69, 9.17) is 10.8 Å². The lowest BCUT2D eigenvalue weighted by atomic mass is 9.90. The van der Waals surface area contributed by atoms with Gasteiger partial charge in [0.15, 0.2) is 0 Å². The Balaban J connectivity index is 2.45. The first-order valence-electron chi connectivity index (χ1n) is 6.87. The third kappa shape index (κ3) is 4.28. The molecule has 4 heteroatoms. The number of carbonyl (C=O) groups is 1. The highest BCUT2D eigenvalue weighted by atomic mass is 16.3. The van der Waals surface area contributed by atoms with Gasteiger partial charge in [0.1, 0.15) is 0 Å². The minimum atomic E-state index is -0.353. The van der Waals surface area contributed by atoms with E-state index in [1.807, 2.05) is 4.90 Å². The summed E-state index contributed by atoms with van der Waals surface area (Å²) in [4.78, 5) is 14.1. The average Bonchev–Trinajstić information content (AvgIpc) is 2.27. The van der Waals surface area contributed by atoms with E-state index < -0.39 is 0 Å². The monoisotopic (exact) mass is 242 g/mol. The van der Waals surface area contributed by atoms with Gasteiger partial charge < -0.3 is 15.7 Å². The molecule has 100 valence electrons. The molecule has 4 nitrogen and oxygen atoms in total. The van der Waals surface area contributed by atoms with Crippen LogP contribution in [-0.4, -0.2) is 41.1 Å². The van der Waals surface area contributed by atoms with Gasteiger partial charge in [-0.2, -0.15) is 0 Å². The van der Waals surface area contributed by atoms with Crippen LogP contribution < -0.4 is 5.73 Å². The molecule has 0 bridgehead atoms. The lowest BCUT2D eigenvalue weighted by Gasteiger charge is -2.39. The van der Waals surface area contributed by atoms with Crippen LogP contribution in [0.4, 0.5) is 0 Å². The summed E-state index contributed by atoms with van der Waals surface area (Å²) in [5.41, 5.74) is 5.94. The normalized spacial score (nSPS) is 17.6. The van der Waals surface area contributed by atoms with Gasteiger partial charge in [-0.15, -0.1) is 0 Å². The fourth-order valence-electron chi connectivity index (χ4n) is 2.17. The van der Waals surface area contributed by atoms with Crippen LogP contribution in [0.25, 0.3) is 0 Å². The molecule has 1 atom stereocenters. The van der Waals surface area contributed by atoms with Crippen molar-refractivity contribution in [2.24, 2.45) is 5.73 Å². The fraction of sp³-hybridized carbons (Fsp3) is 0.923. The minimum Gasteiger partial charge on any atom is -0.396 e. The topological polar surface area (TPSA) is 66.6 Å². The first-order valence-corrected chi connectivity index (χ1v) is 6.87. The Morgan fingerprint density at radius 1 is 1.47 bits per heavy atom. The van der Waals surface area contributed by atoms with E-state index in [2.05, 4.69) is 6.92 Å². The Hall–Kier alpha value is -0.610. The molecule has 0 spiro atoms. The van der Waals surface area contributed by atoms with E-state index in [-0.39, 0.29) is 18.6 Å². The molecule has 1 amide bonds. The van der Waals surface area contributed by atoms with Crippen LogP contribution >= 0.6 is 0 Å². The molecule has 0 saturated heterocycles. The zero-order valence-electron chi connectivity index (χ0n) is 10.9. The summed E-state index contributed by atoms with van der Waals surface area (Å²) in [5.74, 6) is 0.0802. The Labute approximate surface area is 104 Å². The number of hydrogen-bond donors (Lipinski definition) is 2. The van der Waals surface area contributed by atoms with Crippen LogP contribution in [0, 0.1) is 0 Å².